The fourth-order valence-corrected chi connectivity index (χ4v) is 2.36. The van der Waals surface area contributed by atoms with E-state index in [1.807, 2.05) is 0 Å². The summed E-state index contributed by atoms with van der Waals surface area (Å²) in [6.07, 6.45) is 3.69. The second-order valence-electron chi connectivity index (χ2n) is 5.34. The molecule has 0 unspecified atom stereocenters. The monoisotopic (exact) mass is 233 g/mol. The lowest BCUT2D eigenvalue weighted by Gasteiger charge is -2.16. The van der Waals surface area contributed by atoms with E-state index in [2.05, 4.69) is 38.1 Å². The van der Waals surface area contributed by atoms with E-state index in [4.69, 9.17) is 10.5 Å². The molecule has 1 saturated carbocycles. The minimum atomic E-state index is 0.241. The number of ether oxygens (including phenoxy) is 1. The summed E-state index contributed by atoms with van der Waals surface area (Å²) in [6, 6.07) is 8.95. The van der Waals surface area contributed by atoms with E-state index in [0.717, 1.165) is 12.8 Å². The first-order chi connectivity index (χ1) is 8.16. The van der Waals surface area contributed by atoms with Gasteiger partial charge in [-0.1, -0.05) is 38.1 Å². The zero-order valence-electron chi connectivity index (χ0n) is 10.9. The molecule has 0 aliphatic heterocycles. The van der Waals surface area contributed by atoms with E-state index < -0.39 is 0 Å². The van der Waals surface area contributed by atoms with Crippen LogP contribution < -0.4 is 5.73 Å². The normalized spacial score (nSPS) is 24.5. The van der Waals surface area contributed by atoms with Gasteiger partial charge >= 0.3 is 0 Å². The number of benzene rings is 1. The van der Waals surface area contributed by atoms with E-state index in [0.29, 0.717) is 12.5 Å². The highest BCUT2D eigenvalue weighted by Crippen LogP contribution is 2.22. The maximum atomic E-state index is 5.98. The SMILES string of the molecule is CC(C)c1ccc(CO[C@H]2CCC[C@@H]2N)cc1. The van der Waals surface area contributed by atoms with Gasteiger partial charge in [-0.25, -0.2) is 0 Å². The van der Waals surface area contributed by atoms with E-state index >= 15 is 0 Å². The highest BCUT2D eigenvalue weighted by atomic mass is 16.5. The van der Waals surface area contributed by atoms with E-state index in [-0.39, 0.29) is 12.1 Å². The molecule has 1 aliphatic rings. The molecule has 0 aromatic heterocycles. The van der Waals surface area contributed by atoms with Crippen molar-refractivity contribution in [3.05, 3.63) is 35.4 Å². The summed E-state index contributed by atoms with van der Waals surface area (Å²) in [4.78, 5) is 0. The Balaban J connectivity index is 1.86. The maximum Gasteiger partial charge on any atom is 0.0730 e. The van der Waals surface area contributed by atoms with Crippen LogP contribution >= 0.6 is 0 Å². The Labute approximate surface area is 104 Å². The van der Waals surface area contributed by atoms with E-state index in [9.17, 15) is 0 Å². The van der Waals surface area contributed by atoms with Gasteiger partial charge in [-0.3, -0.25) is 0 Å². The van der Waals surface area contributed by atoms with Gasteiger partial charge in [-0.05, 0) is 36.3 Å². The summed E-state index contributed by atoms with van der Waals surface area (Å²) in [5.41, 5.74) is 8.61. The summed E-state index contributed by atoms with van der Waals surface area (Å²) in [6.45, 7) is 5.11. The number of hydrogen-bond donors (Lipinski definition) is 1. The molecule has 2 nitrogen and oxygen atoms in total. The average Bonchev–Trinajstić information content (AvgIpc) is 2.73. The molecule has 2 heteroatoms. The number of hydrogen-bond acceptors (Lipinski definition) is 2. The lowest BCUT2D eigenvalue weighted by molar-refractivity contribution is 0.0357. The Morgan fingerprint density at radius 3 is 2.47 bits per heavy atom. The molecule has 17 heavy (non-hydrogen) atoms. The summed E-state index contributed by atoms with van der Waals surface area (Å²) in [7, 11) is 0. The Hall–Kier alpha value is -0.860. The molecule has 2 rings (SSSR count). The van der Waals surface area contributed by atoms with Crippen LogP contribution in [0, 0.1) is 0 Å². The van der Waals surface area contributed by atoms with Crippen LogP contribution in [0.1, 0.15) is 50.2 Å². The minimum absolute atomic E-state index is 0.241. The van der Waals surface area contributed by atoms with Crippen LogP contribution in [0.15, 0.2) is 24.3 Å². The van der Waals surface area contributed by atoms with Crippen molar-refractivity contribution in [3.8, 4) is 0 Å². The Morgan fingerprint density at radius 1 is 1.24 bits per heavy atom. The molecule has 1 aromatic carbocycles. The molecule has 1 aliphatic carbocycles. The van der Waals surface area contributed by atoms with Gasteiger partial charge in [0.15, 0.2) is 0 Å². The summed E-state index contributed by atoms with van der Waals surface area (Å²) < 4.78 is 5.88. The quantitative estimate of drug-likeness (QED) is 0.866. The predicted octanol–water partition coefficient (Wildman–Crippen LogP) is 3.21. The minimum Gasteiger partial charge on any atom is -0.372 e. The molecule has 2 atom stereocenters. The van der Waals surface area contributed by atoms with Crippen LogP contribution in [0.2, 0.25) is 0 Å². The zero-order chi connectivity index (χ0) is 12.3. The van der Waals surface area contributed by atoms with Gasteiger partial charge < -0.3 is 10.5 Å². The average molecular weight is 233 g/mol. The van der Waals surface area contributed by atoms with Crippen LogP contribution in [0.4, 0.5) is 0 Å². The van der Waals surface area contributed by atoms with Gasteiger partial charge in [0.25, 0.3) is 0 Å². The second kappa shape index (κ2) is 5.65. The van der Waals surface area contributed by atoms with Crippen LogP contribution in [0.25, 0.3) is 0 Å². The van der Waals surface area contributed by atoms with Crippen LogP contribution in [0.3, 0.4) is 0 Å². The third-order valence-electron chi connectivity index (χ3n) is 3.61. The fourth-order valence-electron chi connectivity index (χ4n) is 2.36. The molecular formula is C15H23NO. The van der Waals surface area contributed by atoms with Gasteiger partial charge in [0.1, 0.15) is 0 Å². The maximum absolute atomic E-state index is 5.98. The molecular weight excluding hydrogens is 210 g/mol. The summed E-state index contributed by atoms with van der Waals surface area (Å²) >= 11 is 0. The number of nitrogens with two attached hydrogens (primary N) is 1. The third kappa shape index (κ3) is 3.30. The molecule has 0 saturated heterocycles. The molecule has 0 bridgehead atoms. The molecule has 2 N–H and O–H groups in total. The predicted molar refractivity (Wildman–Crippen MR) is 70.9 cm³/mol. The van der Waals surface area contributed by atoms with E-state index in [1.54, 1.807) is 0 Å². The second-order valence-corrected chi connectivity index (χ2v) is 5.34. The van der Waals surface area contributed by atoms with Gasteiger partial charge in [0.2, 0.25) is 0 Å². The smallest absolute Gasteiger partial charge is 0.0730 e. The van der Waals surface area contributed by atoms with Crippen molar-refractivity contribution in [2.24, 2.45) is 5.73 Å². The fraction of sp³-hybridized carbons (Fsp3) is 0.600. The Morgan fingerprint density at radius 2 is 1.94 bits per heavy atom. The van der Waals surface area contributed by atoms with Gasteiger partial charge in [-0.15, -0.1) is 0 Å². The Bertz CT molecular complexity index is 344. The lowest BCUT2D eigenvalue weighted by Crippen LogP contribution is -2.31. The highest BCUT2D eigenvalue weighted by Gasteiger charge is 2.24. The van der Waals surface area contributed by atoms with Crippen molar-refractivity contribution in [1.82, 2.24) is 0 Å². The molecule has 1 aromatic rings. The first-order valence-corrected chi connectivity index (χ1v) is 6.63. The van der Waals surface area contributed by atoms with E-state index in [1.165, 1.54) is 17.5 Å². The van der Waals surface area contributed by atoms with Gasteiger partial charge in [0.05, 0.1) is 12.7 Å². The van der Waals surface area contributed by atoms with Crippen molar-refractivity contribution in [1.29, 1.82) is 0 Å². The zero-order valence-corrected chi connectivity index (χ0v) is 10.9. The highest BCUT2D eigenvalue weighted by molar-refractivity contribution is 5.24. The molecule has 1 fully saturated rings. The Kier molecular flexibility index (Phi) is 4.19. The van der Waals surface area contributed by atoms with Gasteiger partial charge in [0, 0.05) is 6.04 Å². The van der Waals surface area contributed by atoms with Crippen molar-refractivity contribution in [2.75, 3.05) is 0 Å². The van der Waals surface area contributed by atoms with Gasteiger partial charge in [-0.2, -0.15) is 0 Å². The standard InChI is InChI=1S/C15H23NO/c1-11(2)13-8-6-12(7-9-13)10-17-15-5-3-4-14(15)16/h6-9,11,14-15H,3-5,10,16H2,1-2H3/t14-,15-/m0/s1. The molecule has 0 spiro atoms. The van der Waals surface area contributed by atoms with Crippen LogP contribution in [-0.2, 0) is 11.3 Å². The van der Waals surface area contributed by atoms with Crippen LogP contribution in [0.5, 0.6) is 0 Å². The number of rotatable bonds is 4. The van der Waals surface area contributed by atoms with Crippen molar-refractivity contribution < 1.29 is 4.74 Å². The molecule has 0 amide bonds. The summed E-state index contributed by atoms with van der Waals surface area (Å²) in [5.74, 6) is 0.591. The first kappa shape index (κ1) is 12.6. The lowest BCUT2D eigenvalue weighted by atomic mass is 10.0. The topological polar surface area (TPSA) is 35.2 Å². The molecule has 0 radical (unpaired) electrons. The van der Waals surface area contributed by atoms with Crippen molar-refractivity contribution in [2.45, 2.75) is 57.8 Å². The van der Waals surface area contributed by atoms with Crippen molar-refractivity contribution in [3.63, 3.8) is 0 Å². The molecule has 94 valence electrons. The van der Waals surface area contributed by atoms with Crippen molar-refractivity contribution >= 4 is 0 Å². The largest absolute Gasteiger partial charge is 0.372 e. The third-order valence-corrected chi connectivity index (χ3v) is 3.61. The first-order valence-electron chi connectivity index (χ1n) is 6.63. The van der Waals surface area contributed by atoms with Crippen LogP contribution in [-0.4, -0.2) is 12.1 Å². The summed E-state index contributed by atoms with van der Waals surface area (Å²) in [5, 5.41) is 0. The molecule has 0 heterocycles.